The highest BCUT2D eigenvalue weighted by Crippen LogP contribution is 2.33. The molecule has 0 spiro atoms. The van der Waals surface area contributed by atoms with Gasteiger partial charge in [0.15, 0.2) is 5.69 Å². The van der Waals surface area contributed by atoms with E-state index in [2.05, 4.69) is 20.7 Å². The summed E-state index contributed by atoms with van der Waals surface area (Å²) in [6.45, 7) is 1.76. The van der Waals surface area contributed by atoms with Gasteiger partial charge >= 0.3 is 6.18 Å². The number of pyridine rings is 1. The van der Waals surface area contributed by atoms with Crippen LogP contribution in [-0.2, 0) is 12.7 Å². The first-order valence-electron chi connectivity index (χ1n) is 10.5. The number of aryl methyl sites for hydroxylation is 1. The Balaban J connectivity index is 1.49. The molecule has 0 bridgehead atoms. The Hall–Kier alpha value is -4.47. The molecule has 0 fully saturated rings. The normalized spacial score (nSPS) is 11.2. The van der Waals surface area contributed by atoms with Crippen LogP contribution in [0.3, 0.4) is 0 Å². The lowest BCUT2D eigenvalue weighted by Crippen LogP contribution is -2.26. The van der Waals surface area contributed by atoms with Crippen LogP contribution in [0.15, 0.2) is 79.3 Å². The van der Waals surface area contributed by atoms with Gasteiger partial charge in [-0.25, -0.2) is 4.68 Å². The summed E-state index contributed by atoms with van der Waals surface area (Å²) >= 11 is 0. The highest BCUT2D eigenvalue weighted by atomic mass is 19.4. The molecule has 0 saturated carbocycles. The van der Waals surface area contributed by atoms with E-state index in [0.717, 1.165) is 11.8 Å². The Morgan fingerprint density at radius 2 is 1.69 bits per heavy atom. The second-order valence-corrected chi connectivity index (χ2v) is 7.73. The summed E-state index contributed by atoms with van der Waals surface area (Å²) < 4.78 is 42.3. The number of halogens is 3. The molecular formula is C25H20F3N5O2. The van der Waals surface area contributed by atoms with E-state index >= 15 is 0 Å². The molecular weight excluding hydrogens is 459 g/mol. The van der Waals surface area contributed by atoms with Gasteiger partial charge in [0.2, 0.25) is 0 Å². The second kappa shape index (κ2) is 9.80. The summed E-state index contributed by atoms with van der Waals surface area (Å²) in [4.78, 5) is 28.9. The van der Waals surface area contributed by atoms with E-state index in [1.807, 2.05) is 6.92 Å². The number of hydrogen-bond acceptors (Lipinski definition) is 4. The van der Waals surface area contributed by atoms with Gasteiger partial charge in [-0.15, -0.1) is 0 Å². The lowest BCUT2D eigenvalue weighted by molar-refractivity contribution is -0.143. The van der Waals surface area contributed by atoms with Crippen molar-refractivity contribution in [3.05, 3.63) is 107 Å². The predicted octanol–water partition coefficient (Wildman–Crippen LogP) is 4.78. The Labute approximate surface area is 198 Å². The Bertz CT molecular complexity index is 1350. The average Bonchev–Trinajstić information content (AvgIpc) is 3.30. The second-order valence-electron chi connectivity index (χ2n) is 7.73. The number of carbonyl (C=O) groups is 2. The standard InChI is InChI=1S/C25H20F3N5O2/c1-16-5-7-20(8-6-16)33-22(25(26,27)28)21(15-31-33)24(35)30-14-17-3-2-4-19(13-17)32-23(34)18-9-11-29-12-10-18/h2-13,15H,14H2,1H3,(H,30,35)(H,32,34). The van der Waals surface area contributed by atoms with Gasteiger partial charge in [0.1, 0.15) is 0 Å². The molecule has 7 nitrogen and oxygen atoms in total. The topological polar surface area (TPSA) is 88.9 Å². The molecule has 178 valence electrons. The number of aromatic nitrogens is 3. The maximum absolute atomic E-state index is 13.9. The van der Waals surface area contributed by atoms with Crippen LogP contribution in [0.4, 0.5) is 18.9 Å². The maximum atomic E-state index is 13.9. The van der Waals surface area contributed by atoms with E-state index in [4.69, 9.17) is 0 Å². The Morgan fingerprint density at radius 3 is 2.37 bits per heavy atom. The van der Waals surface area contributed by atoms with Gasteiger partial charge in [-0.1, -0.05) is 29.8 Å². The zero-order chi connectivity index (χ0) is 25.0. The molecule has 0 atom stereocenters. The van der Waals surface area contributed by atoms with Crippen LogP contribution in [0.5, 0.6) is 0 Å². The highest BCUT2D eigenvalue weighted by molar-refractivity contribution is 6.04. The summed E-state index contributed by atoms with van der Waals surface area (Å²) in [6.07, 6.45) is -0.900. The quantitative estimate of drug-likeness (QED) is 0.417. The SMILES string of the molecule is Cc1ccc(-n2ncc(C(=O)NCc3cccc(NC(=O)c4ccncc4)c3)c2C(F)(F)F)cc1. The molecule has 0 aliphatic heterocycles. The lowest BCUT2D eigenvalue weighted by atomic mass is 10.1. The van der Waals surface area contributed by atoms with E-state index in [-0.39, 0.29) is 18.1 Å². The van der Waals surface area contributed by atoms with Gasteiger partial charge in [0.25, 0.3) is 11.8 Å². The van der Waals surface area contributed by atoms with Crippen LogP contribution in [0, 0.1) is 6.92 Å². The smallest absolute Gasteiger partial charge is 0.348 e. The first-order valence-corrected chi connectivity index (χ1v) is 10.5. The van der Waals surface area contributed by atoms with Crippen molar-refractivity contribution in [1.29, 1.82) is 0 Å². The summed E-state index contributed by atoms with van der Waals surface area (Å²) in [5.41, 5.74) is 0.819. The van der Waals surface area contributed by atoms with Gasteiger partial charge in [0.05, 0.1) is 17.4 Å². The number of carbonyl (C=O) groups excluding carboxylic acids is 2. The molecule has 2 amide bonds. The molecule has 2 aromatic heterocycles. The van der Waals surface area contributed by atoms with E-state index in [1.54, 1.807) is 48.5 Å². The fourth-order valence-electron chi connectivity index (χ4n) is 3.41. The first kappa shape index (κ1) is 23.7. The number of rotatable bonds is 6. The summed E-state index contributed by atoms with van der Waals surface area (Å²) in [6, 6.07) is 16.1. The summed E-state index contributed by atoms with van der Waals surface area (Å²) in [5.74, 6) is -1.26. The number of anilines is 1. The van der Waals surface area contributed by atoms with Crippen LogP contribution in [0.1, 0.15) is 37.5 Å². The molecule has 0 radical (unpaired) electrons. The van der Waals surface area contributed by atoms with Gasteiger partial charge in [-0.05, 0) is 48.9 Å². The zero-order valence-electron chi connectivity index (χ0n) is 18.5. The fourth-order valence-corrected chi connectivity index (χ4v) is 3.41. The largest absolute Gasteiger partial charge is 0.434 e. The van der Waals surface area contributed by atoms with Crippen molar-refractivity contribution in [1.82, 2.24) is 20.1 Å². The van der Waals surface area contributed by atoms with Crippen molar-refractivity contribution in [2.75, 3.05) is 5.32 Å². The first-order chi connectivity index (χ1) is 16.7. The molecule has 0 unspecified atom stereocenters. The molecule has 0 aliphatic carbocycles. The lowest BCUT2D eigenvalue weighted by Gasteiger charge is -2.13. The van der Waals surface area contributed by atoms with Crippen LogP contribution >= 0.6 is 0 Å². The fraction of sp³-hybridized carbons (Fsp3) is 0.120. The number of alkyl halides is 3. The maximum Gasteiger partial charge on any atom is 0.434 e. The van der Waals surface area contributed by atoms with Gasteiger partial charge in [0, 0.05) is 30.2 Å². The molecule has 2 heterocycles. The average molecular weight is 479 g/mol. The molecule has 10 heteroatoms. The third kappa shape index (κ3) is 5.55. The summed E-state index contributed by atoms with van der Waals surface area (Å²) in [7, 11) is 0. The molecule has 4 aromatic rings. The molecule has 0 saturated heterocycles. The number of nitrogens with one attached hydrogen (secondary N) is 2. The Kier molecular flexibility index (Phi) is 6.63. The van der Waals surface area contributed by atoms with E-state index in [1.165, 1.54) is 24.5 Å². The van der Waals surface area contributed by atoms with Gasteiger partial charge < -0.3 is 10.6 Å². The van der Waals surface area contributed by atoms with Crippen molar-refractivity contribution in [2.24, 2.45) is 0 Å². The molecule has 2 aromatic carbocycles. The predicted molar refractivity (Wildman–Crippen MR) is 123 cm³/mol. The van der Waals surface area contributed by atoms with Crippen molar-refractivity contribution < 1.29 is 22.8 Å². The van der Waals surface area contributed by atoms with Crippen LogP contribution in [0.25, 0.3) is 5.69 Å². The molecule has 2 N–H and O–H groups in total. The van der Waals surface area contributed by atoms with Gasteiger partial charge in [-0.3, -0.25) is 14.6 Å². The number of amides is 2. The van der Waals surface area contributed by atoms with E-state index in [9.17, 15) is 22.8 Å². The van der Waals surface area contributed by atoms with Crippen molar-refractivity contribution in [3.8, 4) is 5.69 Å². The van der Waals surface area contributed by atoms with Crippen LogP contribution in [-0.4, -0.2) is 26.6 Å². The zero-order valence-corrected chi connectivity index (χ0v) is 18.5. The number of benzene rings is 2. The van der Waals surface area contributed by atoms with E-state index in [0.29, 0.717) is 21.5 Å². The molecule has 35 heavy (non-hydrogen) atoms. The third-order valence-corrected chi connectivity index (χ3v) is 5.14. The number of hydrogen-bond donors (Lipinski definition) is 2. The highest BCUT2D eigenvalue weighted by Gasteiger charge is 2.40. The molecule has 0 aliphatic rings. The van der Waals surface area contributed by atoms with Crippen LogP contribution < -0.4 is 10.6 Å². The van der Waals surface area contributed by atoms with Crippen molar-refractivity contribution in [3.63, 3.8) is 0 Å². The van der Waals surface area contributed by atoms with Crippen molar-refractivity contribution in [2.45, 2.75) is 19.6 Å². The van der Waals surface area contributed by atoms with Crippen molar-refractivity contribution >= 4 is 17.5 Å². The molecule has 4 rings (SSSR count). The van der Waals surface area contributed by atoms with E-state index < -0.39 is 23.3 Å². The summed E-state index contributed by atoms with van der Waals surface area (Å²) in [5, 5.41) is 9.05. The minimum atomic E-state index is -4.80. The number of nitrogens with zero attached hydrogens (tertiary/aromatic N) is 3. The minimum Gasteiger partial charge on any atom is -0.348 e. The van der Waals surface area contributed by atoms with Crippen LogP contribution in [0.2, 0.25) is 0 Å². The minimum absolute atomic E-state index is 0.0508. The third-order valence-electron chi connectivity index (χ3n) is 5.14. The van der Waals surface area contributed by atoms with Gasteiger partial charge in [-0.2, -0.15) is 18.3 Å². The Morgan fingerprint density at radius 1 is 0.971 bits per heavy atom. The monoisotopic (exact) mass is 479 g/mol.